The summed E-state index contributed by atoms with van der Waals surface area (Å²) in [7, 11) is -2.56. The van der Waals surface area contributed by atoms with Crippen molar-refractivity contribution in [3.63, 3.8) is 0 Å². The molecular weight excluding hydrogens is 418 g/mol. The Hall–Kier alpha value is -3.07. The third-order valence-corrected chi connectivity index (χ3v) is 6.09. The van der Waals surface area contributed by atoms with Crippen LogP contribution in [0.2, 0.25) is 0 Å². The Bertz CT molecular complexity index is 1110. The summed E-state index contributed by atoms with van der Waals surface area (Å²) in [6.07, 6.45) is 1.11. The normalized spacial score (nSPS) is 14.5. The van der Waals surface area contributed by atoms with Crippen LogP contribution in [0.15, 0.2) is 47.4 Å². The number of rotatable bonds is 6. The quantitative estimate of drug-likeness (QED) is 0.711. The zero-order valence-corrected chi connectivity index (χ0v) is 18.9. The van der Waals surface area contributed by atoms with Crippen LogP contribution < -0.4 is 19.7 Å². The first-order chi connectivity index (χ1) is 14.5. The zero-order valence-electron chi connectivity index (χ0n) is 18.1. The Balaban J connectivity index is 1.95. The van der Waals surface area contributed by atoms with Gasteiger partial charge in [-0.1, -0.05) is 12.1 Å². The van der Waals surface area contributed by atoms with Crippen LogP contribution in [0, 0.1) is 0 Å². The van der Waals surface area contributed by atoms with E-state index in [2.05, 4.69) is 10.0 Å². The number of hydrogen-bond donors (Lipinski definition) is 2. The minimum absolute atomic E-state index is 0.0333. The largest absolute Gasteiger partial charge is 0.495 e. The van der Waals surface area contributed by atoms with E-state index in [0.29, 0.717) is 30.8 Å². The number of para-hydroxylation sites is 1. The van der Waals surface area contributed by atoms with Gasteiger partial charge >= 0.3 is 0 Å². The second-order valence-electron chi connectivity index (χ2n) is 8.34. The van der Waals surface area contributed by atoms with Crippen molar-refractivity contribution in [1.82, 2.24) is 5.32 Å². The third-order valence-electron chi connectivity index (χ3n) is 4.73. The van der Waals surface area contributed by atoms with Crippen molar-refractivity contribution >= 4 is 33.2 Å². The highest BCUT2D eigenvalue weighted by Gasteiger charge is 2.27. The third kappa shape index (κ3) is 5.16. The fourth-order valence-corrected chi connectivity index (χ4v) is 4.43. The van der Waals surface area contributed by atoms with E-state index in [1.54, 1.807) is 18.2 Å². The number of sulfonamides is 1. The average Bonchev–Trinajstić information content (AvgIpc) is 3.12. The van der Waals surface area contributed by atoms with Gasteiger partial charge in [-0.2, -0.15) is 0 Å². The van der Waals surface area contributed by atoms with Crippen molar-refractivity contribution in [3.05, 3.63) is 48.0 Å². The van der Waals surface area contributed by atoms with Crippen molar-refractivity contribution in [2.24, 2.45) is 0 Å². The number of hydrogen-bond acceptors (Lipinski definition) is 5. The molecule has 0 aromatic heterocycles. The lowest BCUT2D eigenvalue weighted by molar-refractivity contribution is -0.117. The summed E-state index contributed by atoms with van der Waals surface area (Å²) in [6, 6.07) is 10.7. The summed E-state index contributed by atoms with van der Waals surface area (Å²) in [5.74, 6) is -0.0481. The van der Waals surface area contributed by atoms with E-state index in [9.17, 15) is 18.0 Å². The Labute approximate surface area is 182 Å². The molecule has 2 N–H and O–H groups in total. The van der Waals surface area contributed by atoms with Crippen molar-refractivity contribution in [1.29, 1.82) is 0 Å². The van der Waals surface area contributed by atoms with Crippen molar-refractivity contribution in [3.8, 4) is 5.75 Å². The molecule has 0 unspecified atom stereocenters. The highest BCUT2D eigenvalue weighted by molar-refractivity contribution is 7.92. The van der Waals surface area contributed by atoms with E-state index in [4.69, 9.17) is 4.74 Å². The molecule has 3 rings (SSSR count). The fraction of sp³-hybridized carbons (Fsp3) is 0.364. The molecule has 2 aromatic rings. The summed E-state index contributed by atoms with van der Waals surface area (Å²) >= 11 is 0. The van der Waals surface area contributed by atoms with Gasteiger partial charge in [0.2, 0.25) is 5.91 Å². The van der Waals surface area contributed by atoms with Crippen LogP contribution in [-0.4, -0.2) is 39.4 Å². The van der Waals surface area contributed by atoms with Crippen LogP contribution >= 0.6 is 0 Å². The lowest BCUT2D eigenvalue weighted by Crippen LogP contribution is -2.40. The number of carbonyl (C=O) groups excluding carboxylic acids is 2. The molecular formula is C22H27N3O5S. The molecule has 2 amide bonds. The van der Waals surface area contributed by atoms with Crippen LogP contribution in [0.3, 0.4) is 0 Å². The monoisotopic (exact) mass is 445 g/mol. The summed E-state index contributed by atoms with van der Waals surface area (Å²) < 4.78 is 34.1. The van der Waals surface area contributed by atoms with Gasteiger partial charge in [0, 0.05) is 18.5 Å². The first-order valence-corrected chi connectivity index (χ1v) is 11.4. The van der Waals surface area contributed by atoms with Gasteiger partial charge in [0.15, 0.2) is 0 Å². The summed E-state index contributed by atoms with van der Waals surface area (Å²) in [4.78, 5) is 26.3. The predicted octanol–water partition coefficient (Wildman–Crippen LogP) is 3.15. The highest BCUT2D eigenvalue weighted by Crippen LogP contribution is 2.34. The minimum Gasteiger partial charge on any atom is -0.495 e. The van der Waals surface area contributed by atoms with Crippen LogP contribution in [0.4, 0.5) is 11.4 Å². The minimum atomic E-state index is -4.03. The Kier molecular flexibility index (Phi) is 6.26. The van der Waals surface area contributed by atoms with Gasteiger partial charge in [-0.15, -0.1) is 0 Å². The first-order valence-electron chi connectivity index (χ1n) is 9.94. The maximum atomic E-state index is 13.1. The number of ether oxygens (including phenoxy) is 1. The van der Waals surface area contributed by atoms with Gasteiger partial charge in [-0.05, 0) is 57.5 Å². The van der Waals surface area contributed by atoms with Crippen molar-refractivity contribution in [2.45, 2.75) is 44.0 Å². The van der Waals surface area contributed by atoms with E-state index in [1.807, 2.05) is 20.8 Å². The van der Waals surface area contributed by atoms with Crippen LogP contribution in [-0.2, 0) is 14.8 Å². The van der Waals surface area contributed by atoms with E-state index in [-0.39, 0.29) is 28.0 Å². The summed E-state index contributed by atoms with van der Waals surface area (Å²) in [5, 5.41) is 2.83. The number of carbonyl (C=O) groups is 2. The number of anilines is 2. The van der Waals surface area contributed by atoms with E-state index >= 15 is 0 Å². The molecule has 0 bridgehead atoms. The maximum absolute atomic E-state index is 13.1. The molecule has 9 heteroatoms. The Morgan fingerprint density at radius 2 is 1.84 bits per heavy atom. The number of methoxy groups -OCH3 is 1. The molecule has 2 aromatic carbocycles. The molecule has 0 aliphatic carbocycles. The van der Waals surface area contributed by atoms with Gasteiger partial charge in [-0.25, -0.2) is 8.42 Å². The van der Waals surface area contributed by atoms with E-state index in [1.165, 1.54) is 36.3 Å². The molecule has 1 heterocycles. The van der Waals surface area contributed by atoms with Gasteiger partial charge in [-0.3, -0.25) is 14.3 Å². The maximum Gasteiger partial charge on any atom is 0.261 e. The molecule has 1 aliphatic rings. The standard InChI is InChI=1S/C22H27N3O5S/c1-22(2,3)23-21(27)16-8-5-6-9-17(16)24-31(28,29)15-11-12-19(30-4)18(14-15)25-13-7-10-20(25)26/h5-6,8-9,11-12,14,24H,7,10,13H2,1-4H3,(H,23,27). The number of amides is 2. The number of nitrogens with one attached hydrogen (secondary N) is 2. The van der Waals surface area contributed by atoms with Crippen LogP contribution in [0.25, 0.3) is 0 Å². The lowest BCUT2D eigenvalue weighted by atomic mass is 10.1. The molecule has 0 atom stereocenters. The average molecular weight is 446 g/mol. The van der Waals surface area contributed by atoms with Crippen LogP contribution in [0.1, 0.15) is 44.0 Å². The highest BCUT2D eigenvalue weighted by atomic mass is 32.2. The lowest BCUT2D eigenvalue weighted by Gasteiger charge is -2.22. The van der Waals surface area contributed by atoms with Gasteiger partial charge in [0.25, 0.3) is 15.9 Å². The Morgan fingerprint density at radius 3 is 2.45 bits per heavy atom. The molecule has 0 saturated carbocycles. The second-order valence-corrected chi connectivity index (χ2v) is 10.0. The second kappa shape index (κ2) is 8.58. The zero-order chi connectivity index (χ0) is 22.8. The molecule has 1 fully saturated rings. The molecule has 8 nitrogen and oxygen atoms in total. The number of benzene rings is 2. The van der Waals surface area contributed by atoms with Gasteiger partial charge in [0.05, 0.1) is 28.9 Å². The smallest absolute Gasteiger partial charge is 0.261 e. The summed E-state index contributed by atoms with van der Waals surface area (Å²) in [5.41, 5.74) is 0.311. The molecule has 1 aliphatic heterocycles. The molecule has 0 spiro atoms. The predicted molar refractivity (Wildman–Crippen MR) is 119 cm³/mol. The first kappa shape index (κ1) is 22.6. The number of nitrogens with zero attached hydrogens (tertiary/aromatic N) is 1. The van der Waals surface area contributed by atoms with Gasteiger partial charge < -0.3 is 15.0 Å². The van der Waals surface area contributed by atoms with Crippen molar-refractivity contribution in [2.75, 3.05) is 23.3 Å². The summed E-state index contributed by atoms with van der Waals surface area (Å²) in [6.45, 7) is 6.03. The van der Waals surface area contributed by atoms with E-state index in [0.717, 1.165) is 0 Å². The molecule has 166 valence electrons. The molecule has 31 heavy (non-hydrogen) atoms. The SMILES string of the molecule is COc1ccc(S(=O)(=O)Nc2ccccc2C(=O)NC(C)(C)C)cc1N1CCCC1=O. The van der Waals surface area contributed by atoms with Crippen molar-refractivity contribution < 1.29 is 22.7 Å². The molecule has 0 radical (unpaired) electrons. The molecule has 1 saturated heterocycles. The van der Waals surface area contributed by atoms with Gasteiger partial charge in [0.1, 0.15) is 5.75 Å². The van der Waals surface area contributed by atoms with E-state index < -0.39 is 15.6 Å². The Morgan fingerprint density at radius 1 is 1.13 bits per heavy atom. The topological polar surface area (TPSA) is 105 Å². The fourth-order valence-electron chi connectivity index (χ4n) is 3.33. The van der Waals surface area contributed by atoms with Crippen LogP contribution in [0.5, 0.6) is 5.75 Å².